The second-order valence-corrected chi connectivity index (χ2v) is 5.10. The van der Waals surface area contributed by atoms with Gasteiger partial charge in [0.1, 0.15) is 0 Å². The monoisotopic (exact) mass is 313 g/mol. The number of nitrogens with zero attached hydrogens (tertiary/aromatic N) is 1. The van der Waals surface area contributed by atoms with Crippen molar-refractivity contribution in [1.82, 2.24) is 4.90 Å². The maximum Gasteiger partial charge on any atom is 0.222 e. The van der Waals surface area contributed by atoms with Crippen molar-refractivity contribution in [2.75, 3.05) is 19.7 Å². The van der Waals surface area contributed by atoms with Crippen LogP contribution in [0.1, 0.15) is 25.3 Å². The average molecular weight is 314 g/mol. The average Bonchev–Trinajstić information content (AvgIpc) is 2.37. The van der Waals surface area contributed by atoms with Crippen LogP contribution >= 0.6 is 15.9 Å². The van der Waals surface area contributed by atoms with E-state index in [2.05, 4.69) is 15.9 Å². The summed E-state index contributed by atoms with van der Waals surface area (Å²) in [5.74, 6) is 0.158. The predicted octanol–water partition coefficient (Wildman–Crippen LogP) is 2.61. The number of hydrogen-bond acceptors (Lipinski definition) is 2. The Kier molecular flexibility index (Phi) is 6.98. The highest BCUT2D eigenvalue weighted by Gasteiger charge is 2.10. The molecule has 0 atom stereocenters. The van der Waals surface area contributed by atoms with Crippen molar-refractivity contribution in [3.05, 3.63) is 34.3 Å². The highest BCUT2D eigenvalue weighted by Crippen LogP contribution is 2.13. The Labute approximate surface area is 117 Å². The Bertz CT molecular complexity index is 382. The fraction of sp³-hybridized carbons (Fsp3) is 0.500. The summed E-state index contributed by atoms with van der Waals surface area (Å²) >= 11 is 3.42. The molecule has 1 aromatic rings. The number of rotatable bonds is 7. The van der Waals surface area contributed by atoms with Crippen molar-refractivity contribution in [1.29, 1.82) is 0 Å². The molecule has 3 nitrogen and oxygen atoms in total. The molecule has 0 saturated carbocycles. The van der Waals surface area contributed by atoms with Crippen LogP contribution in [0.3, 0.4) is 0 Å². The van der Waals surface area contributed by atoms with E-state index < -0.39 is 0 Å². The van der Waals surface area contributed by atoms with Gasteiger partial charge < -0.3 is 10.0 Å². The second-order valence-electron chi connectivity index (χ2n) is 4.18. The summed E-state index contributed by atoms with van der Waals surface area (Å²) in [5.41, 5.74) is 1.16. The standard InChI is InChI=1S/C14H20BrNO2/c1-2-16(9-4-10-17)14(18)8-7-12-5-3-6-13(15)11-12/h3,5-6,11,17H,2,4,7-10H2,1H3. The van der Waals surface area contributed by atoms with Gasteiger partial charge >= 0.3 is 0 Å². The van der Waals surface area contributed by atoms with E-state index in [9.17, 15) is 4.79 Å². The first-order chi connectivity index (χ1) is 8.67. The highest BCUT2D eigenvalue weighted by molar-refractivity contribution is 9.10. The molecular formula is C14H20BrNO2. The molecule has 4 heteroatoms. The first kappa shape index (κ1) is 15.2. The molecule has 18 heavy (non-hydrogen) atoms. The number of carbonyl (C=O) groups is 1. The molecular weight excluding hydrogens is 294 g/mol. The lowest BCUT2D eigenvalue weighted by Crippen LogP contribution is -2.32. The smallest absolute Gasteiger partial charge is 0.222 e. The van der Waals surface area contributed by atoms with Crippen LogP contribution in [0.5, 0.6) is 0 Å². The molecule has 0 fully saturated rings. The van der Waals surface area contributed by atoms with Gasteiger partial charge in [-0.2, -0.15) is 0 Å². The molecule has 0 aliphatic heterocycles. The number of carbonyl (C=O) groups excluding carboxylic acids is 1. The molecule has 0 spiro atoms. The van der Waals surface area contributed by atoms with Crippen LogP contribution in [0, 0.1) is 0 Å². The molecule has 0 radical (unpaired) electrons. The largest absolute Gasteiger partial charge is 0.396 e. The Morgan fingerprint density at radius 1 is 1.44 bits per heavy atom. The Morgan fingerprint density at radius 3 is 2.83 bits per heavy atom. The Balaban J connectivity index is 2.44. The first-order valence-corrected chi connectivity index (χ1v) is 7.09. The molecule has 0 bridgehead atoms. The van der Waals surface area contributed by atoms with Gasteiger partial charge in [-0.25, -0.2) is 0 Å². The topological polar surface area (TPSA) is 40.5 Å². The van der Waals surface area contributed by atoms with Crippen molar-refractivity contribution in [2.24, 2.45) is 0 Å². The minimum atomic E-state index is 0.134. The van der Waals surface area contributed by atoms with Crippen LogP contribution in [0.25, 0.3) is 0 Å². The quantitative estimate of drug-likeness (QED) is 0.840. The van der Waals surface area contributed by atoms with Crippen LogP contribution in [-0.4, -0.2) is 35.6 Å². The number of halogens is 1. The third kappa shape index (κ3) is 5.19. The lowest BCUT2D eigenvalue weighted by Gasteiger charge is -2.20. The van der Waals surface area contributed by atoms with Gasteiger partial charge in [0.2, 0.25) is 5.91 Å². The van der Waals surface area contributed by atoms with Crippen LogP contribution in [0.15, 0.2) is 28.7 Å². The molecule has 0 heterocycles. The number of aliphatic hydroxyl groups is 1. The Morgan fingerprint density at radius 2 is 2.22 bits per heavy atom. The maximum atomic E-state index is 12.0. The first-order valence-electron chi connectivity index (χ1n) is 6.30. The minimum Gasteiger partial charge on any atom is -0.396 e. The molecule has 0 aromatic heterocycles. The van der Waals surface area contributed by atoms with E-state index >= 15 is 0 Å². The van der Waals surface area contributed by atoms with E-state index in [-0.39, 0.29) is 12.5 Å². The third-order valence-electron chi connectivity index (χ3n) is 2.84. The molecule has 0 saturated heterocycles. The van der Waals surface area contributed by atoms with Crippen LogP contribution in [0.2, 0.25) is 0 Å². The predicted molar refractivity (Wildman–Crippen MR) is 76.4 cm³/mol. The van der Waals surface area contributed by atoms with Gasteiger partial charge in [0.15, 0.2) is 0 Å². The van der Waals surface area contributed by atoms with Gasteiger partial charge in [-0.3, -0.25) is 4.79 Å². The fourth-order valence-electron chi connectivity index (χ4n) is 1.82. The SMILES string of the molecule is CCN(CCCO)C(=O)CCc1cccc(Br)c1. The summed E-state index contributed by atoms with van der Waals surface area (Å²) in [7, 11) is 0. The molecule has 1 amide bonds. The number of hydrogen-bond donors (Lipinski definition) is 1. The lowest BCUT2D eigenvalue weighted by molar-refractivity contribution is -0.131. The van der Waals surface area contributed by atoms with Crippen LogP contribution in [-0.2, 0) is 11.2 Å². The summed E-state index contributed by atoms with van der Waals surface area (Å²) < 4.78 is 1.04. The van der Waals surface area contributed by atoms with Crippen molar-refractivity contribution in [3.63, 3.8) is 0 Å². The van der Waals surface area contributed by atoms with E-state index in [1.54, 1.807) is 4.90 Å². The zero-order valence-corrected chi connectivity index (χ0v) is 12.3. The van der Waals surface area contributed by atoms with Gasteiger partial charge in [-0.05, 0) is 37.5 Å². The molecule has 100 valence electrons. The molecule has 0 aliphatic carbocycles. The fourth-order valence-corrected chi connectivity index (χ4v) is 2.27. The molecule has 1 rings (SSSR count). The summed E-state index contributed by atoms with van der Waals surface area (Å²) in [6.07, 6.45) is 1.93. The summed E-state index contributed by atoms with van der Waals surface area (Å²) in [5, 5.41) is 8.79. The molecule has 0 aliphatic rings. The van der Waals surface area contributed by atoms with Crippen LogP contribution in [0.4, 0.5) is 0 Å². The normalized spacial score (nSPS) is 10.4. The number of amides is 1. The Hall–Kier alpha value is -0.870. The second kappa shape index (κ2) is 8.27. The van der Waals surface area contributed by atoms with Crippen molar-refractivity contribution in [3.8, 4) is 0 Å². The molecule has 1 N–H and O–H groups in total. The van der Waals surface area contributed by atoms with E-state index in [0.29, 0.717) is 25.9 Å². The zero-order chi connectivity index (χ0) is 13.4. The van der Waals surface area contributed by atoms with E-state index in [1.165, 1.54) is 0 Å². The van der Waals surface area contributed by atoms with E-state index in [0.717, 1.165) is 16.5 Å². The van der Waals surface area contributed by atoms with E-state index in [4.69, 9.17) is 5.11 Å². The summed E-state index contributed by atoms with van der Waals surface area (Å²) in [4.78, 5) is 13.8. The third-order valence-corrected chi connectivity index (χ3v) is 3.33. The number of aliphatic hydroxyl groups excluding tert-OH is 1. The van der Waals surface area contributed by atoms with Crippen molar-refractivity contribution >= 4 is 21.8 Å². The van der Waals surface area contributed by atoms with E-state index in [1.807, 2.05) is 31.2 Å². The summed E-state index contributed by atoms with van der Waals surface area (Å²) in [6, 6.07) is 8.03. The number of aryl methyl sites for hydroxylation is 1. The van der Waals surface area contributed by atoms with Crippen molar-refractivity contribution in [2.45, 2.75) is 26.2 Å². The lowest BCUT2D eigenvalue weighted by atomic mass is 10.1. The van der Waals surface area contributed by atoms with Gasteiger partial charge in [-0.15, -0.1) is 0 Å². The van der Waals surface area contributed by atoms with Gasteiger partial charge in [0.25, 0.3) is 0 Å². The van der Waals surface area contributed by atoms with Crippen molar-refractivity contribution < 1.29 is 9.90 Å². The zero-order valence-electron chi connectivity index (χ0n) is 10.7. The minimum absolute atomic E-state index is 0.134. The van der Waals surface area contributed by atoms with Crippen LogP contribution < -0.4 is 0 Å². The maximum absolute atomic E-state index is 12.0. The van der Waals surface area contributed by atoms with Gasteiger partial charge in [0, 0.05) is 30.6 Å². The van der Waals surface area contributed by atoms with Gasteiger partial charge in [0.05, 0.1) is 0 Å². The van der Waals surface area contributed by atoms with Gasteiger partial charge in [-0.1, -0.05) is 28.1 Å². The molecule has 1 aromatic carbocycles. The number of benzene rings is 1. The molecule has 0 unspecified atom stereocenters. The summed E-state index contributed by atoms with van der Waals surface area (Å²) in [6.45, 7) is 3.45. The highest BCUT2D eigenvalue weighted by atomic mass is 79.9.